The maximum atomic E-state index is 13.0. The molecular formula is C26H29NO7. The molecule has 34 heavy (non-hydrogen) atoms. The van der Waals surface area contributed by atoms with Crippen molar-refractivity contribution in [3.8, 4) is 0 Å². The van der Waals surface area contributed by atoms with Crippen LogP contribution in [0.2, 0.25) is 0 Å². The molecule has 2 aromatic rings. The number of carbonyl (C=O) groups excluding carboxylic acids is 2. The summed E-state index contributed by atoms with van der Waals surface area (Å²) in [4.78, 5) is 37.5. The summed E-state index contributed by atoms with van der Waals surface area (Å²) in [5.74, 6) is -2.11. The molecule has 0 aromatic heterocycles. The van der Waals surface area contributed by atoms with Gasteiger partial charge < -0.3 is 14.2 Å². The maximum Gasteiger partial charge on any atom is 0.411 e. The van der Waals surface area contributed by atoms with Crippen LogP contribution in [0.3, 0.4) is 0 Å². The lowest BCUT2D eigenvalue weighted by Crippen LogP contribution is -2.71. The number of carbonyl (C=O) groups is 2. The van der Waals surface area contributed by atoms with Crippen LogP contribution in [0.5, 0.6) is 0 Å². The van der Waals surface area contributed by atoms with Gasteiger partial charge in [0.05, 0.1) is 11.6 Å². The number of rotatable bonds is 2. The lowest BCUT2D eigenvalue weighted by molar-refractivity contribution is -0.560. The summed E-state index contributed by atoms with van der Waals surface area (Å²) >= 11 is 0. The van der Waals surface area contributed by atoms with Crippen molar-refractivity contribution in [3.63, 3.8) is 0 Å². The van der Waals surface area contributed by atoms with E-state index in [0.717, 1.165) is 17.2 Å². The third kappa shape index (κ3) is 3.16. The van der Waals surface area contributed by atoms with Gasteiger partial charge in [-0.15, -0.1) is 0 Å². The zero-order valence-electron chi connectivity index (χ0n) is 19.5. The molecule has 2 bridgehead atoms. The molecule has 4 saturated heterocycles. The van der Waals surface area contributed by atoms with Crippen molar-refractivity contribution in [2.75, 3.05) is 5.32 Å². The number of hydrogen-bond acceptors (Lipinski definition) is 7. The smallest absolute Gasteiger partial charge is 0.411 e. The van der Waals surface area contributed by atoms with Crippen molar-refractivity contribution in [2.45, 2.75) is 63.8 Å². The van der Waals surface area contributed by atoms with Crippen LogP contribution in [0.15, 0.2) is 42.5 Å². The molecule has 1 N–H and O–H groups in total. The van der Waals surface area contributed by atoms with E-state index < -0.39 is 35.8 Å². The molecule has 8 heteroatoms. The standard InChI is InChI=1S/C26H29NO7/c1-14-18-11-12-25(3)32-23-26(18,34-33-25)19(15(2)22(28)31-23)13-21(14)30-24(29)27-20-10-6-8-16-7-4-5-9-17(16)20/h4-10,14-15,18-19,21,23H,11-13H2,1-3H3,(H,27,29)/t14-,15+,18-,19-,21-,23+,25-,26+/m0/s1. The summed E-state index contributed by atoms with van der Waals surface area (Å²) in [5, 5.41) is 4.90. The highest BCUT2D eigenvalue weighted by Crippen LogP contribution is 2.60. The van der Waals surface area contributed by atoms with Gasteiger partial charge in [0.1, 0.15) is 6.10 Å². The third-order valence-electron chi connectivity index (χ3n) is 8.35. The van der Waals surface area contributed by atoms with Crippen molar-refractivity contribution in [1.82, 2.24) is 0 Å². The second-order valence-electron chi connectivity index (χ2n) is 10.3. The van der Waals surface area contributed by atoms with Gasteiger partial charge >= 0.3 is 12.1 Å². The lowest BCUT2D eigenvalue weighted by atomic mass is 9.57. The van der Waals surface area contributed by atoms with E-state index in [-0.39, 0.29) is 23.7 Å². The first-order chi connectivity index (χ1) is 16.3. The SMILES string of the molecule is C[C@@H]1[C@@H](OC(=O)Nc2cccc3ccccc23)C[C@H]2[C@@H](C)C(=O)O[C@@H]3O[C@]4(C)CC[C@@H]1[C@]32OO4. The second kappa shape index (κ2) is 7.66. The van der Waals surface area contributed by atoms with Crippen LogP contribution in [0.1, 0.15) is 40.0 Å². The second-order valence-corrected chi connectivity index (χ2v) is 10.3. The Morgan fingerprint density at radius 3 is 2.74 bits per heavy atom. The van der Waals surface area contributed by atoms with E-state index in [9.17, 15) is 9.59 Å². The molecule has 4 heterocycles. The van der Waals surface area contributed by atoms with Crippen molar-refractivity contribution in [2.24, 2.45) is 23.7 Å². The van der Waals surface area contributed by atoms with Crippen LogP contribution in [0, 0.1) is 23.7 Å². The number of nitrogens with one attached hydrogen (secondary N) is 1. The Balaban J connectivity index is 1.28. The Bertz CT molecular complexity index is 1150. The van der Waals surface area contributed by atoms with Crippen LogP contribution in [0.4, 0.5) is 10.5 Å². The Morgan fingerprint density at radius 1 is 1.09 bits per heavy atom. The number of benzene rings is 2. The van der Waals surface area contributed by atoms with Crippen LogP contribution >= 0.6 is 0 Å². The first kappa shape index (κ1) is 21.8. The minimum absolute atomic E-state index is 0.0475. The summed E-state index contributed by atoms with van der Waals surface area (Å²) in [5.41, 5.74) is -0.210. The van der Waals surface area contributed by atoms with E-state index in [1.165, 1.54) is 0 Å². The highest BCUT2D eigenvalue weighted by molar-refractivity contribution is 6.00. The first-order valence-corrected chi connectivity index (χ1v) is 12.0. The number of ether oxygens (including phenoxy) is 3. The predicted molar refractivity (Wildman–Crippen MR) is 121 cm³/mol. The molecule has 8 nitrogen and oxygen atoms in total. The highest BCUT2D eigenvalue weighted by Gasteiger charge is 2.71. The summed E-state index contributed by atoms with van der Waals surface area (Å²) in [7, 11) is 0. The molecule has 4 aliphatic heterocycles. The Morgan fingerprint density at radius 2 is 1.88 bits per heavy atom. The molecule has 5 fully saturated rings. The molecule has 2 aromatic carbocycles. The molecule has 7 rings (SSSR count). The highest BCUT2D eigenvalue weighted by atomic mass is 17.3. The van der Waals surface area contributed by atoms with Gasteiger partial charge in [0.15, 0.2) is 5.60 Å². The maximum absolute atomic E-state index is 13.0. The van der Waals surface area contributed by atoms with E-state index in [1.807, 2.05) is 49.4 Å². The molecule has 5 aliphatic rings. The van der Waals surface area contributed by atoms with Crippen LogP contribution < -0.4 is 5.32 Å². The largest absolute Gasteiger partial charge is 0.446 e. The van der Waals surface area contributed by atoms with E-state index >= 15 is 0 Å². The minimum Gasteiger partial charge on any atom is -0.446 e. The molecule has 1 aliphatic carbocycles. The molecule has 8 atom stereocenters. The zero-order chi connectivity index (χ0) is 23.7. The van der Waals surface area contributed by atoms with Crippen LogP contribution in [-0.4, -0.2) is 35.8 Å². The number of anilines is 1. The molecular weight excluding hydrogens is 438 g/mol. The van der Waals surface area contributed by atoms with Gasteiger partial charge in [-0.3, -0.25) is 10.1 Å². The monoisotopic (exact) mass is 467 g/mol. The number of hydrogen-bond donors (Lipinski definition) is 1. The van der Waals surface area contributed by atoms with E-state index in [1.54, 1.807) is 6.92 Å². The van der Waals surface area contributed by atoms with E-state index in [4.69, 9.17) is 24.0 Å². The molecule has 1 amide bonds. The van der Waals surface area contributed by atoms with E-state index in [0.29, 0.717) is 18.5 Å². The number of esters is 1. The summed E-state index contributed by atoms with van der Waals surface area (Å²) in [6.45, 7) is 5.70. The van der Waals surface area contributed by atoms with Gasteiger partial charge in [0.25, 0.3) is 0 Å². The average molecular weight is 468 g/mol. The minimum atomic E-state index is -0.972. The summed E-state index contributed by atoms with van der Waals surface area (Å²) in [6, 6.07) is 13.6. The molecule has 1 saturated carbocycles. The van der Waals surface area contributed by atoms with Crippen molar-refractivity contribution >= 4 is 28.5 Å². The van der Waals surface area contributed by atoms with Gasteiger partial charge in [-0.1, -0.05) is 50.2 Å². The van der Waals surface area contributed by atoms with Crippen LogP contribution in [-0.2, 0) is 28.8 Å². The fraction of sp³-hybridized carbons (Fsp3) is 0.538. The lowest BCUT2D eigenvalue weighted by Gasteiger charge is -2.58. The van der Waals surface area contributed by atoms with Gasteiger partial charge in [-0.2, -0.15) is 0 Å². The molecule has 1 spiro atoms. The van der Waals surface area contributed by atoms with Crippen molar-refractivity contribution in [3.05, 3.63) is 42.5 Å². The first-order valence-electron chi connectivity index (χ1n) is 12.0. The quantitative estimate of drug-likeness (QED) is 0.502. The number of amides is 1. The normalized spacial score (nSPS) is 40.7. The Labute approximate surface area is 197 Å². The predicted octanol–water partition coefficient (Wildman–Crippen LogP) is 4.78. The molecule has 0 radical (unpaired) electrons. The van der Waals surface area contributed by atoms with Gasteiger partial charge in [0, 0.05) is 23.6 Å². The van der Waals surface area contributed by atoms with Gasteiger partial charge in [-0.25, -0.2) is 14.6 Å². The van der Waals surface area contributed by atoms with Crippen LogP contribution in [0.25, 0.3) is 10.8 Å². The molecule has 180 valence electrons. The Kier molecular flexibility index (Phi) is 4.92. The fourth-order valence-electron chi connectivity index (χ4n) is 6.47. The number of fused-ring (bicyclic) bond motifs is 3. The topological polar surface area (TPSA) is 92.3 Å². The summed E-state index contributed by atoms with van der Waals surface area (Å²) in [6.07, 6.45) is 0.0632. The van der Waals surface area contributed by atoms with Gasteiger partial charge in [0.2, 0.25) is 12.1 Å². The van der Waals surface area contributed by atoms with Gasteiger partial charge in [-0.05, 0) is 37.1 Å². The zero-order valence-corrected chi connectivity index (χ0v) is 19.5. The van der Waals surface area contributed by atoms with E-state index in [2.05, 4.69) is 12.2 Å². The third-order valence-corrected chi connectivity index (χ3v) is 8.35. The summed E-state index contributed by atoms with van der Waals surface area (Å²) < 4.78 is 17.8. The van der Waals surface area contributed by atoms with Crippen molar-refractivity contribution < 1.29 is 33.6 Å². The average Bonchev–Trinajstić information content (AvgIpc) is 3.05. The molecule has 0 unspecified atom stereocenters. The fourth-order valence-corrected chi connectivity index (χ4v) is 6.47. The van der Waals surface area contributed by atoms with Crippen molar-refractivity contribution in [1.29, 1.82) is 0 Å². The Hall–Kier alpha value is -2.68.